The van der Waals surface area contributed by atoms with Crippen LogP contribution in [-0.2, 0) is 14.3 Å². The third-order valence-electron chi connectivity index (χ3n) is 4.99. The fourth-order valence-corrected chi connectivity index (χ4v) is 4.50. The van der Waals surface area contributed by atoms with E-state index < -0.39 is 0 Å². The number of nitrogens with zero attached hydrogens (tertiary/aromatic N) is 2. The van der Waals surface area contributed by atoms with Crippen LogP contribution in [0.4, 0.5) is 11.4 Å². The molecule has 2 aromatic rings. The largest absolute Gasteiger partial charge is 0.370 e. The Labute approximate surface area is 178 Å². The molecule has 9 heteroatoms. The van der Waals surface area contributed by atoms with Gasteiger partial charge in [0, 0.05) is 31.0 Å². The lowest BCUT2D eigenvalue weighted by Gasteiger charge is -2.28. The number of morpholine rings is 1. The Hall–Kier alpha value is -2.13. The Morgan fingerprint density at radius 3 is 2.69 bits per heavy atom. The van der Waals surface area contributed by atoms with Gasteiger partial charge in [-0.2, -0.15) is 0 Å². The van der Waals surface area contributed by atoms with Crippen molar-refractivity contribution in [3.05, 3.63) is 45.6 Å². The molecule has 0 bridgehead atoms. The molecule has 0 spiro atoms. The minimum Gasteiger partial charge on any atom is -0.370 e. The molecule has 3 heterocycles. The molecule has 1 aromatic heterocycles. The van der Waals surface area contributed by atoms with Crippen LogP contribution in [0, 0.1) is 0 Å². The molecule has 2 fully saturated rings. The summed E-state index contributed by atoms with van der Waals surface area (Å²) < 4.78 is 11.8. The van der Waals surface area contributed by atoms with Crippen molar-refractivity contribution in [3.8, 4) is 0 Å². The van der Waals surface area contributed by atoms with Gasteiger partial charge in [-0.05, 0) is 43.3 Å². The van der Waals surface area contributed by atoms with Gasteiger partial charge in [0.1, 0.15) is 12.8 Å². The average Bonchev–Trinajstić information content (AvgIpc) is 3.32. The van der Waals surface area contributed by atoms with Crippen LogP contribution in [0.3, 0.4) is 0 Å². The quantitative estimate of drug-likeness (QED) is 0.781. The van der Waals surface area contributed by atoms with Gasteiger partial charge in [-0.15, -0.1) is 11.3 Å². The third kappa shape index (κ3) is 4.56. The van der Waals surface area contributed by atoms with E-state index >= 15 is 0 Å². The Balaban J connectivity index is 1.34. The second-order valence-electron chi connectivity index (χ2n) is 6.94. The van der Waals surface area contributed by atoms with Gasteiger partial charge in [0.25, 0.3) is 11.8 Å². The van der Waals surface area contributed by atoms with Gasteiger partial charge in [-0.25, -0.2) is 0 Å². The number of carbonyl (C=O) groups excluding carboxylic acids is 2. The molecule has 1 N–H and O–H groups in total. The fourth-order valence-electron chi connectivity index (χ4n) is 3.54. The third-order valence-corrected chi connectivity index (χ3v) is 6.22. The van der Waals surface area contributed by atoms with E-state index in [1.807, 2.05) is 31.2 Å². The van der Waals surface area contributed by atoms with Gasteiger partial charge in [-0.3, -0.25) is 9.59 Å². The highest BCUT2D eigenvalue weighted by atomic mass is 35.5. The molecule has 2 aliphatic heterocycles. The van der Waals surface area contributed by atoms with E-state index in [-0.39, 0.29) is 30.8 Å². The summed E-state index contributed by atoms with van der Waals surface area (Å²) >= 11 is 7.14. The molecular weight excluding hydrogens is 414 g/mol. The summed E-state index contributed by atoms with van der Waals surface area (Å²) in [5, 5.41) is 2.91. The summed E-state index contributed by atoms with van der Waals surface area (Å²) in [6.45, 7) is 4.33. The van der Waals surface area contributed by atoms with Gasteiger partial charge in [0.05, 0.1) is 21.9 Å². The summed E-state index contributed by atoms with van der Waals surface area (Å²) in [7, 11) is 0. The number of hydrogen-bond acceptors (Lipinski definition) is 6. The van der Waals surface area contributed by atoms with Crippen molar-refractivity contribution in [3.63, 3.8) is 0 Å². The number of carbonyl (C=O) groups is 2. The zero-order valence-electron chi connectivity index (χ0n) is 16.0. The van der Waals surface area contributed by atoms with E-state index in [4.69, 9.17) is 21.1 Å². The van der Waals surface area contributed by atoms with Crippen LogP contribution in [0.5, 0.6) is 0 Å². The maximum absolute atomic E-state index is 12.2. The number of nitrogens with one attached hydrogen (secondary N) is 1. The molecular formula is C20H22ClN3O4S. The number of anilines is 2. The number of rotatable bonds is 5. The van der Waals surface area contributed by atoms with Crippen molar-refractivity contribution < 1.29 is 19.1 Å². The first-order chi connectivity index (χ1) is 14.0. The first-order valence-electron chi connectivity index (χ1n) is 9.45. The van der Waals surface area contributed by atoms with Crippen LogP contribution in [-0.4, -0.2) is 57.0 Å². The Kier molecular flexibility index (Phi) is 6.05. The van der Waals surface area contributed by atoms with Crippen LogP contribution in [0.1, 0.15) is 16.6 Å². The zero-order chi connectivity index (χ0) is 20.4. The van der Waals surface area contributed by atoms with Crippen molar-refractivity contribution in [1.29, 1.82) is 0 Å². The van der Waals surface area contributed by atoms with Crippen LogP contribution in [0.15, 0.2) is 36.4 Å². The van der Waals surface area contributed by atoms with Gasteiger partial charge >= 0.3 is 0 Å². The molecule has 154 valence electrons. The Morgan fingerprint density at radius 1 is 1.24 bits per heavy atom. The second kappa shape index (κ2) is 8.71. The zero-order valence-corrected chi connectivity index (χ0v) is 17.5. The standard InChI is InChI=1S/C20H22ClN3O4S/c1-13-24(11-16(28-13)10-22-20(26)17-6-7-18(21)29-17)15-4-2-14(3-5-15)23-8-9-27-12-19(23)25/h2-7,13,16H,8-12H2,1H3,(H,22,26)/t13?,16-/m0/s1. The lowest BCUT2D eigenvalue weighted by Crippen LogP contribution is -2.41. The average molecular weight is 436 g/mol. The Bertz CT molecular complexity index is 888. The molecule has 7 nitrogen and oxygen atoms in total. The van der Waals surface area contributed by atoms with E-state index in [0.717, 1.165) is 11.4 Å². The van der Waals surface area contributed by atoms with E-state index in [1.165, 1.54) is 11.3 Å². The highest BCUT2D eigenvalue weighted by Gasteiger charge is 2.30. The summed E-state index contributed by atoms with van der Waals surface area (Å²) in [5.41, 5.74) is 1.88. The van der Waals surface area contributed by atoms with Crippen molar-refractivity contribution in [2.75, 3.05) is 42.6 Å². The predicted molar refractivity (Wildman–Crippen MR) is 113 cm³/mol. The molecule has 29 heavy (non-hydrogen) atoms. The van der Waals surface area contributed by atoms with E-state index in [1.54, 1.807) is 17.0 Å². The molecule has 0 radical (unpaired) electrons. The summed E-state index contributed by atoms with van der Waals surface area (Å²) in [6.07, 6.45) is -0.214. The fraction of sp³-hybridized carbons (Fsp3) is 0.400. The number of halogens is 1. The van der Waals surface area contributed by atoms with Crippen LogP contribution >= 0.6 is 22.9 Å². The topological polar surface area (TPSA) is 71.1 Å². The molecule has 0 saturated carbocycles. The number of thiophene rings is 1. The summed E-state index contributed by atoms with van der Waals surface area (Å²) in [5.74, 6) is -0.166. The molecule has 2 saturated heterocycles. The van der Waals surface area contributed by atoms with Crippen molar-refractivity contribution >= 4 is 46.1 Å². The van der Waals surface area contributed by atoms with Gasteiger partial charge in [0.15, 0.2) is 0 Å². The van der Waals surface area contributed by atoms with E-state index in [9.17, 15) is 9.59 Å². The Morgan fingerprint density at radius 2 is 2.00 bits per heavy atom. The number of hydrogen-bond donors (Lipinski definition) is 1. The molecule has 2 atom stereocenters. The normalized spacial score (nSPS) is 22.2. The lowest BCUT2D eigenvalue weighted by molar-refractivity contribution is -0.125. The van der Waals surface area contributed by atoms with E-state index in [2.05, 4.69) is 10.2 Å². The molecule has 2 aliphatic rings. The predicted octanol–water partition coefficient (Wildman–Crippen LogP) is 2.75. The molecule has 1 aromatic carbocycles. The summed E-state index contributed by atoms with van der Waals surface area (Å²) in [4.78, 5) is 28.7. The number of ether oxygens (including phenoxy) is 2. The molecule has 4 rings (SSSR count). The summed E-state index contributed by atoms with van der Waals surface area (Å²) in [6, 6.07) is 11.3. The van der Waals surface area contributed by atoms with Crippen molar-refractivity contribution in [2.45, 2.75) is 19.3 Å². The van der Waals surface area contributed by atoms with Gasteiger partial charge < -0.3 is 24.6 Å². The maximum Gasteiger partial charge on any atom is 0.261 e. The maximum atomic E-state index is 12.2. The van der Waals surface area contributed by atoms with Gasteiger partial charge in [-0.1, -0.05) is 11.6 Å². The SMILES string of the molecule is CC1O[C@@H](CNC(=O)c2ccc(Cl)s2)CN1c1ccc(N2CCOCC2=O)cc1. The van der Waals surface area contributed by atoms with Crippen molar-refractivity contribution in [1.82, 2.24) is 5.32 Å². The highest BCUT2D eigenvalue weighted by molar-refractivity contribution is 7.17. The number of benzene rings is 1. The smallest absolute Gasteiger partial charge is 0.261 e. The highest BCUT2D eigenvalue weighted by Crippen LogP contribution is 2.27. The number of amides is 2. The van der Waals surface area contributed by atoms with Crippen LogP contribution < -0.4 is 15.1 Å². The van der Waals surface area contributed by atoms with E-state index in [0.29, 0.717) is 35.5 Å². The van der Waals surface area contributed by atoms with Crippen molar-refractivity contribution in [2.24, 2.45) is 0 Å². The first kappa shape index (κ1) is 20.2. The van der Waals surface area contributed by atoms with Crippen LogP contribution in [0.2, 0.25) is 4.34 Å². The minimum absolute atomic E-state index is 0.0234. The minimum atomic E-state index is -0.142. The first-order valence-corrected chi connectivity index (χ1v) is 10.6. The lowest BCUT2D eigenvalue weighted by atomic mass is 10.2. The molecule has 2 amide bonds. The van der Waals surface area contributed by atoms with Gasteiger partial charge in [0.2, 0.25) is 0 Å². The molecule has 0 aliphatic carbocycles. The second-order valence-corrected chi connectivity index (χ2v) is 8.65. The monoisotopic (exact) mass is 435 g/mol. The van der Waals surface area contributed by atoms with Crippen LogP contribution in [0.25, 0.3) is 0 Å². The molecule has 1 unspecified atom stereocenters.